The zero-order valence-corrected chi connectivity index (χ0v) is 38.6. The molecule has 6 aromatic rings. The van der Waals surface area contributed by atoms with Gasteiger partial charge in [-0.3, -0.25) is 19.4 Å². The summed E-state index contributed by atoms with van der Waals surface area (Å²) in [6.45, 7) is 45.6. The molecule has 0 aliphatic rings. The molecular weight excluding hydrogens is 1000 g/mol. The van der Waals surface area contributed by atoms with E-state index in [9.17, 15) is 52.7 Å². The third kappa shape index (κ3) is 12.5. The maximum Gasteiger partial charge on any atom is 0.411 e. The highest BCUT2D eigenvalue weighted by atomic mass is 19.4. The Labute approximate surface area is 421 Å². The summed E-state index contributed by atoms with van der Waals surface area (Å²) in [7, 11) is 0. The van der Waals surface area contributed by atoms with Gasteiger partial charge in [-0.2, -0.15) is 68.5 Å². The van der Waals surface area contributed by atoms with Crippen LogP contribution in [0.3, 0.4) is 0 Å². The number of halogens is 12. The first-order valence-corrected chi connectivity index (χ1v) is 20.5. The molecule has 0 unspecified atom stereocenters. The number of rotatable bonds is 4. The van der Waals surface area contributed by atoms with Gasteiger partial charge in [-0.1, -0.05) is 115 Å². The normalized spacial score (nSPS) is 11.0. The molecule has 0 heterocycles. The highest BCUT2D eigenvalue weighted by Crippen LogP contribution is 2.58. The molecule has 6 rings (SSSR count). The zero-order valence-electron chi connectivity index (χ0n) is 38.6. The average molecular weight is 1030 g/mol. The molecule has 0 bridgehead atoms. The predicted octanol–water partition coefficient (Wildman–Crippen LogP) is 17.4. The first-order chi connectivity index (χ1) is 35.1. The monoisotopic (exact) mass is 1030 g/mol. The molecule has 0 aromatic heterocycles. The van der Waals surface area contributed by atoms with Crippen molar-refractivity contribution in [1.29, 1.82) is 15.8 Å². The quantitative estimate of drug-likeness (QED) is 0.130. The van der Waals surface area contributed by atoms with Gasteiger partial charge in [-0.15, -0.1) is 0 Å². The van der Waals surface area contributed by atoms with Gasteiger partial charge in [0, 0.05) is 11.1 Å². The van der Waals surface area contributed by atoms with E-state index in [0.717, 1.165) is 42.0 Å². The summed E-state index contributed by atoms with van der Waals surface area (Å²) in [4.78, 5) is 18.4. The fourth-order valence-corrected chi connectivity index (χ4v) is 7.06. The van der Waals surface area contributed by atoms with Crippen LogP contribution in [0.5, 0.6) is 0 Å². The van der Waals surface area contributed by atoms with Gasteiger partial charge < -0.3 is 0 Å². The van der Waals surface area contributed by atoms with Gasteiger partial charge in [0.2, 0.25) is 10.8 Å². The van der Waals surface area contributed by atoms with Gasteiger partial charge in [0.1, 0.15) is 0 Å². The number of aryl methyl sites for hydroxylation is 3. The molecule has 0 spiro atoms. The summed E-state index contributed by atoms with van der Waals surface area (Å²) in [6, 6.07) is 26.4. The Morgan fingerprint density at radius 2 is 0.693 bits per heavy atom. The summed E-state index contributed by atoms with van der Waals surface area (Å²) in [6.07, 6.45) is -22.9. The SMILES string of the molecule is [C-]#[N+]c1cc(C)c(C#N)cc1[N+]#[C-].[C-]#[N+]c1ccc(C#N)cc1.[C-]#[N+]c1ccc(C(c2ccc(C)c(C#N)c2)(C(F)(F)F)C(F)(F)F)cc1[N+]#[C-].[C-]#[N+]c1ccc(C(c2ccc(C)cc2)(C(F)(F)F)C(F)(F)F)cc1. The van der Waals surface area contributed by atoms with Gasteiger partial charge in [0.15, 0.2) is 34.1 Å². The van der Waals surface area contributed by atoms with Crippen molar-refractivity contribution >= 4 is 34.1 Å². The molecule has 0 aliphatic heterocycles. The van der Waals surface area contributed by atoms with E-state index in [1.807, 2.05) is 12.1 Å². The summed E-state index contributed by atoms with van der Waals surface area (Å²) < 4.78 is 167. The summed E-state index contributed by atoms with van der Waals surface area (Å²) in [5.74, 6) is 0. The molecule has 0 atom stereocenters. The summed E-state index contributed by atoms with van der Waals surface area (Å²) in [5.41, 5.74) is -10.7. The number of benzene rings is 6. The van der Waals surface area contributed by atoms with Crippen LogP contribution in [0.1, 0.15) is 55.6 Å². The van der Waals surface area contributed by atoms with Crippen molar-refractivity contribution in [2.75, 3.05) is 0 Å². The molecule has 75 heavy (non-hydrogen) atoms. The maximum absolute atomic E-state index is 14.1. The van der Waals surface area contributed by atoms with E-state index in [2.05, 4.69) is 29.1 Å². The van der Waals surface area contributed by atoms with Crippen LogP contribution in [-0.4, -0.2) is 24.7 Å². The lowest BCUT2D eigenvalue weighted by atomic mass is 9.72. The Morgan fingerprint density at radius 3 is 1.09 bits per heavy atom. The highest BCUT2D eigenvalue weighted by molar-refractivity contribution is 5.74. The van der Waals surface area contributed by atoms with E-state index >= 15 is 0 Å². The lowest BCUT2D eigenvalue weighted by Crippen LogP contribution is -2.54. The molecule has 0 N–H and O–H groups in total. The Balaban J connectivity index is 0.000000283. The van der Waals surface area contributed by atoms with Crippen molar-refractivity contribution in [3.63, 3.8) is 0 Å². The second kappa shape index (κ2) is 23.9. The molecule has 0 fully saturated rings. The third-order valence-corrected chi connectivity index (χ3v) is 10.9. The van der Waals surface area contributed by atoms with Gasteiger partial charge in [0.25, 0.3) is 0 Å². The van der Waals surface area contributed by atoms with Crippen LogP contribution >= 0.6 is 0 Å². The van der Waals surface area contributed by atoms with E-state index in [-0.39, 0.29) is 28.2 Å². The minimum atomic E-state index is -5.84. The Kier molecular flexibility index (Phi) is 18.8. The number of hydrogen-bond acceptors (Lipinski definition) is 3. The molecule has 0 saturated carbocycles. The molecule has 0 amide bonds. The van der Waals surface area contributed by atoms with Crippen LogP contribution in [0.2, 0.25) is 0 Å². The topological polar surface area (TPSA) is 97.5 Å². The molecule has 9 nitrogen and oxygen atoms in total. The van der Waals surface area contributed by atoms with Gasteiger partial charge in [-0.25, -0.2) is 9.69 Å². The largest absolute Gasteiger partial charge is 0.411 e. The van der Waals surface area contributed by atoms with E-state index in [1.54, 1.807) is 50.2 Å². The number of nitriles is 3. The average Bonchev–Trinajstić information content (AvgIpc) is 3.36. The number of hydrogen-bond donors (Lipinski definition) is 0. The Morgan fingerprint density at radius 1 is 0.347 bits per heavy atom. The van der Waals surface area contributed by atoms with Crippen LogP contribution < -0.4 is 0 Å². The van der Waals surface area contributed by atoms with Crippen molar-refractivity contribution in [3.05, 3.63) is 245 Å². The van der Waals surface area contributed by atoms with Gasteiger partial charge >= 0.3 is 24.7 Å². The van der Waals surface area contributed by atoms with Crippen molar-refractivity contribution < 1.29 is 52.7 Å². The van der Waals surface area contributed by atoms with E-state index in [0.29, 0.717) is 64.5 Å². The van der Waals surface area contributed by atoms with Gasteiger partial charge in [-0.05, 0) is 66.3 Å². The first kappa shape index (κ1) is 59.2. The van der Waals surface area contributed by atoms with E-state index in [4.69, 9.17) is 55.2 Å². The van der Waals surface area contributed by atoms with Crippen molar-refractivity contribution in [2.24, 2.45) is 0 Å². The minimum Gasteiger partial charge on any atom is -0.250 e. The van der Waals surface area contributed by atoms with Crippen LogP contribution in [0.25, 0.3) is 29.1 Å². The standard InChI is InChI=1S/C19H9F6N3.C17H11F6N.C10H5N3.C8H4N2/c1-11-4-5-13(8-12(11)10-26)17(18(20,21)22,19(23,24)25)14-6-7-15(27-2)16(9-14)28-3;1-11-3-5-12(6-4-11)15(16(18,19)20,17(21,22)23)13-7-9-14(24-2)10-8-13;1-7-4-9(12-2)10(13-3)5-8(7)6-11;1-10-8-4-2-7(6-9)3-5-8/h4-9H,1H3;3-10H,1H3;4-5H,1H3;2-5H. The zero-order chi connectivity index (χ0) is 56.7. The van der Waals surface area contributed by atoms with E-state index < -0.39 is 63.5 Å². The second-order valence-corrected chi connectivity index (χ2v) is 15.3. The number of alkyl halides is 12. The minimum absolute atomic E-state index is 0.0408. The second-order valence-electron chi connectivity index (χ2n) is 15.3. The Hall–Kier alpha value is -10.1. The fourth-order valence-electron chi connectivity index (χ4n) is 7.06. The lowest BCUT2D eigenvalue weighted by molar-refractivity contribution is -0.290. The van der Waals surface area contributed by atoms with Crippen LogP contribution in [0.4, 0.5) is 86.8 Å². The van der Waals surface area contributed by atoms with Crippen LogP contribution in [-0.2, 0) is 10.8 Å². The molecule has 0 radical (unpaired) electrons. The Bertz CT molecular complexity index is 3400. The lowest BCUT2D eigenvalue weighted by Gasteiger charge is -2.38. The third-order valence-electron chi connectivity index (χ3n) is 10.9. The molecule has 6 aromatic carbocycles. The molecular formula is C54H29F12N9. The summed E-state index contributed by atoms with van der Waals surface area (Å²) >= 11 is 0. The molecule has 0 aliphatic carbocycles. The molecule has 0 saturated heterocycles. The maximum atomic E-state index is 14.1. The molecule has 374 valence electrons. The predicted molar refractivity (Wildman–Crippen MR) is 250 cm³/mol. The van der Waals surface area contributed by atoms with Crippen molar-refractivity contribution in [3.8, 4) is 18.2 Å². The summed E-state index contributed by atoms with van der Waals surface area (Å²) in [5, 5.41) is 26.1. The van der Waals surface area contributed by atoms with E-state index in [1.165, 1.54) is 25.1 Å². The van der Waals surface area contributed by atoms with Gasteiger partial charge in [0.05, 0.1) is 63.2 Å². The van der Waals surface area contributed by atoms with Crippen LogP contribution in [0.15, 0.2) is 121 Å². The molecule has 21 heteroatoms. The number of nitrogens with zero attached hydrogens (tertiary/aromatic N) is 9. The highest BCUT2D eigenvalue weighted by Gasteiger charge is 2.73. The smallest absolute Gasteiger partial charge is 0.250 e. The fraction of sp³-hybridized carbons (Fsp3) is 0.167. The van der Waals surface area contributed by atoms with Crippen molar-refractivity contribution in [1.82, 2.24) is 0 Å². The van der Waals surface area contributed by atoms with Crippen molar-refractivity contribution in [2.45, 2.75) is 56.3 Å². The van der Waals surface area contributed by atoms with Crippen LogP contribution in [0, 0.1) is 94.2 Å². The first-order valence-electron chi connectivity index (χ1n) is 20.5.